The van der Waals surface area contributed by atoms with Crippen LogP contribution < -0.4 is 20.8 Å². The normalized spacial score (nSPS) is 14.6. The Labute approximate surface area is 221 Å². The predicted octanol–water partition coefficient (Wildman–Crippen LogP) is 4.95. The quantitative estimate of drug-likeness (QED) is 0.318. The second-order valence-electron chi connectivity index (χ2n) is 9.35. The van der Waals surface area contributed by atoms with Crippen LogP contribution in [0.5, 0.6) is 0 Å². The minimum absolute atomic E-state index is 0.347. The van der Waals surface area contributed by atoms with Crippen LogP contribution >= 0.6 is 18.7 Å². The molecule has 0 bridgehead atoms. The summed E-state index contributed by atoms with van der Waals surface area (Å²) in [5, 5.41) is 7.46. The highest BCUT2D eigenvalue weighted by Crippen LogP contribution is 2.41. The highest BCUT2D eigenvalue weighted by Gasteiger charge is 2.22. The fourth-order valence-corrected chi connectivity index (χ4v) is 6.05. The monoisotopic (exact) mass is 536 g/mol. The van der Waals surface area contributed by atoms with Crippen molar-refractivity contribution in [2.75, 3.05) is 61.6 Å². The Bertz CT molecular complexity index is 1450. The van der Waals surface area contributed by atoms with E-state index in [0.717, 1.165) is 38.4 Å². The van der Waals surface area contributed by atoms with Crippen LogP contribution in [0.1, 0.15) is 6.92 Å². The van der Waals surface area contributed by atoms with Gasteiger partial charge in [-0.05, 0) is 56.3 Å². The topological polar surface area (TPSA) is 99.2 Å². The molecule has 2 N–H and O–H groups in total. The van der Waals surface area contributed by atoms with E-state index in [2.05, 4.69) is 59.4 Å². The van der Waals surface area contributed by atoms with Gasteiger partial charge in [-0.15, -0.1) is 0 Å². The molecule has 37 heavy (non-hydrogen) atoms. The molecule has 0 aliphatic carbocycles. The number of fused-ring (bicyclic) bond motifs is 1. The number of rotatable bonds is 7. The summed E-state index contributed by atoms with van der Waals surface area (Å²) in [5.41, 5.74) is 3.98. The molecule has 9 nitrogen and oxygen atoms in total. The van der Waals surface area contributed by atoms with Crippen molar-refractivity contribution in [1.29, 1.82) is 0 Å². The SMILES string of the molecule is CCN1CCN(c2ccc(Nc3ncc(Cl)c(Nc4ccc5nccnc5c4P(C)(C)=O)n3)cc2)CC1. The van der Waals surface area contributed by atoms with E-state index in [1.54, 1.807) is 31.9 Å². The van der Waals surface area contributed by atoms with Gasteiger partial charge in [0.25, 0.3) is 0 Å². The van der Waals surface area contributed by atoms with Crippen molar-refractivity contribution in [3.8, 4) is 0 Å². The average molecular weight is 537 g/mol. The van der Waals surface area contributed by atoms with E-state index in [1.807, 2.05) is 24.3 Å². The molecule has 5 rings (SSSR count). The molecule has 1 aliphatic rings. The van der Waals surface area contributed by atoms with E-state index in [0.29, 0.717) is 38.8 Å². The summed E-state index contributed by atoms with van der Waals surface area (Å²) in [6.07, 6.45) is 4.76. The van der Waals surface area contributed by atoms with Crippen LogP contribution in [-0.4, -0.2) is 70.9 Å². The van der Waals surface area contributed by atoms with Crippen LogP contribution in [0.25, 0.3) is 11.0 Å². The minimum Gasteiger partial charge on any atom is -0.369 e. The third-order valence-corrected chi connectivity index (χ3v) is 8.26. The number of piperazine rings is 1. The van der Waals surface area contributed by atoms with Crippen molar-refractivity contribution in [3.05, 3.63) is 60.0 Å². The number of hydrogen-bond acceptors (Lipinski definition) is 9. The number of halogens is 1. The van der Waals surface area contributed by atoms with Crippen LogP contribution in [0.4, 0.5) is 28.8 Å². The molecular formula is C26H30ClN8OP. The smallest absolute Gasteiger partial charge is 0.229 e. The molecule has 0 radical (unpaired) electrons. The summed E-state index contributed by atoms with van der Waals surface area (Å²) in [4.78, 5) is 22.6. The molecule has 1 fully saturated rings. The first-order valence-corrected chi connectivity index (χ1v) is 15.2. The molecule has 192 valence electrons. The Morgan fingerprint density at radius 1 is 0.946 bits per heavy atom. The van der Waals surface area contributed by atoms with Gasteiger partial charge in [-0.25, -0.2) is 4.98 Å². The fraction of sp³-hybridized carbons (Fsp3) is 0.308. The van der Waals surface area contributed by atoms with E-state index in [-0.39, 0.29) is 0 Å². The van der Waals surface area contributed by atoms with Gasteiger partial charge in [-0.3, -0.25) is 9.97 Å². The number of likely N-dealkylation sites (N-methyl/N-ethyl adjacent to an activating group) is 1. The van der Waals surface area contributed by atoms with Crippen molar-refractivity contribution in [2.24, 2.45) is 0 Å². The highest BCUT2D eigenvalue weighted by molar-refractivity contribution is 7.71. The Morgan fingerprint density at radius 2 is 1.68 bits per heavy atom. The summed E-state index contributed by atoms with van der Waals surface area (Å²) >= 11 is 6.44. The maximum absolute atomic E-state index is 13.2. The number of anilines is 5. The molecule has 0 atom stereocenters. The van der Waals surface area contributed by atoms with E-state index in [4.69, 9.17) is 11.6 Å². The van der Waals surface area contributed by atoms with Crippen LogP contribution in [0.15, 0.2) is 55.0 Å². The van der Waals surface area contributed by atoms with Crippen LogP contribution in [0, 0.1) is 0 Å². The average Bonchev–Trinajstić information content (AvgIpc) is 2.90. The zero-order chi connectivity index (χ0) is 26.0. The van der Waals surface area contributed by atoms with E-state index < -0.39 is 7.14 Å². The largest absolute Gasteiger partial charge is 0.369 e. The van der Waals surface area contributed by atoms with Gasteiger partial charge in [0.2, 0.25) is 5.95 Å². The van der Waals surface area contributed by atoms with Crippen LogP contribution in [-0.2, 0) is 4.57 Å². The van der Waals surface area contributed by atoms with E-state index in [9.17, 15) is 4.57 Å². The molecule has 1 aliphatic heterocycles. The lowest BCUT2D eigenvalue weighted by molar-refractivity contribution is 0.271. The van der Waals surface area contributed by atoms with Gasteiger partial charge in [-0.2, -0.15) is 4.98 Å². The van der Waals surface area contributed by atoms with Gasteiger partial charge in [-0.1, -0.05) is 18.5 Å². The molecular weight excluding hydrogens is 507 g/mol. The van der Waals surface area contributed by atoms with Crippen LogP contribution in [0.2, 0.25) is 5.02 Å². The van der Waals surface area contributed by atoms with Crippen molar-refractivity contribution < 1.29 is 4.57 Å². The second-order valence-corrected chi connectivity index (χ2v) is 12.9. The molecule has 2 aromatic heterocycles. The number of nitrogens with one attached hydrogen (secondary N) is 2. The van der Waals surface area contributed by atoms with Gasteiger partial charge < -0.3 is 25.0 Å². The summed E-state index contributed by atoms with van der Waals surface area (Å²) in [5.74, 6) is 0.803. The molecule has 0 spiro atoms. The standard InChI is InChI=1S/C26H30ClN8OP/c1-4-34-13-15-35(16-14-34)19-7-5-18(6-8-19)31-26-30-17-20(27)25(33-26)32-22-10-9-21-23(29-12-11-28-21)24(22)37(2,3)36/h5-12,17H,4,13-16H2,1-3H3,(H2,30,31,32,33). The molecule has 4 aromatic rings. The first kappa shape index (κ1) is 25.4. The first-order valence-electron chi connectivity index (χ1n) is 12.2. The van der Waals surface area contributed by atoms with Gasteiger partial charge in [0, 0.05) is 49.9 Å². The number of nitrogens with zero attached hydrogens (tertiary/aromatic N) is 6. The molecule has 11 heteroatoms. The second kappa shape index (κ2) is 10.6. The van der Waals surface area contributed by atoms with Crippen LogP contribution in [0.3, 0.4) is 0 Å². The zero-order valence-corrected chi connectivity index (χ0v) is 22.8. The maximum Gasteiger partial charge on any atom is 0.229 e. The summed E-state index contributed by atoms with van der Waals surface area (Å²) in [6.45, 7) is 11.0. The minimum atomic E-state index is -2.72. The third kappa shape index (κ3) is 5.69. The zero-order valence-electron chi connectivity index (χ0n) is 21.1. The molecule has 2 aromatic carbocycles. The van der Waals surface area contributed by atoms with Gasteiger partial charge in [0.1, 0.15) is 17.7 Å². The van der Waals surface area contributed by atoms with Gasteiger partial charge in [0.05, 0.1) is 22.7 Å². The van der Waals surface area contributed by atoms with Crippen molar-refractivity contribution in [1.82, 2.24) is 24.8 Å². The molecule has 0 amide bonds. The molecule has 1 saturated heterocycles. The number of aromatic nitrogens is 4. The van der Waals surface area contributed by atoms with Crippen molar-refractivity contribution in [3.63, 3.8) is 0 Å². The molecule has 0 saturated carbocycles. The lowest BCUT2D eigenvalue weighted by atomic mass is 10.2. The van der Waals surface area contributed by atoms with E-state index in [1.165, 1.54) is 5.69 Å². The Morgan fingerprint density at radius 3 is 2.38 bits per heavy atom. The Balaban J connectivity index is 1.36. The Kier molecular flexibility index (Phi) is 7.29. The van der Waals surface area contributed by atoms with Crippen molar-refractivity contribution in [2.45, 2.75) is 6.92 Å². The van der Waals surface area contributed by atoms with E-state index >= 15 is 0 Å². The number of hydrogen-bond donors (Lipinski definition) is 2. The number of benzene rings is 2. The van der Waals surface area contributed by atoms with Gasteiger partial charge >= 0.3 is 0 Å². The summed E-state index contributed by atoms with van der Waals surface area (Å²) in [6, 6.07) is 11.9. The Hall–Kier alpha value is -3.26. The third-order valence-electron chi connectivity index (χ3n) is 6.46. The maximum atomic E-state index is 13.2. The summed E-state index contributed by atoms with van der Waals surface area (Å²) in [7, 11) is -2.72. The lowest BCUT2D eigenvalue weighted by Gasteiger charge is -2.35. The fourth-order valence-electron chi connectivity index (χ4n) is 4.52. The molecule has 0 unspecified atom stereocenters. The van der Waals surface area contributed by atoms with Gasteiger partial charge in [0.15, 0.2) is 5.82 Å². The lowest BCUT2D eigenvalue weighted by Crippen LogP contribution is -2.46. The summed E-state index contributed by atoms with van der Waals surface area (Å²) < 4.78 is 13.2. The molecule has 3 heterocycles. The van der Waals surface area contributed by atoms with Crippen molar-refractivity contribution >= 4 is 63.9 Å². The predicted molar refractivity (Wildman–Crippen MR) is 153 cm³/mol. The highest BCUT2D eigenvalue weighted by atomic mass is 35.5. The first-order chi connectivity index (χ1) is 17.8.